The van der Waals surface area contributed by atoms with Gasteiger partial charge in [-0.15, -0.1) is 11.6 Å². The molecule has 1 fully saturated rings. The molecule has 0 spiro atoms. The zero-order valence-corrected chi connectivity index (χ0v) is 10.6. The molecular weight excluding hydrogens is 242 g/mol. The molecule has 94 valence electrons. The van der Waals surface area contributed by atoms with Crippen LogP contribution in [0.3, 0.4) is 0 Å². The second-order valence-electron chi connectivity index (χ2n) is 3.72. The second kappa shape index (κ2) is 6.02. The van der Waals surface area contributed by atoms with Crippen molar-refractivity contribution in [2.45, 2.75) is 13.0 Å². The lowest BCUT2D eigenvalue weighted by Gasteiger charge is -2.35. The number of rotatable bonds is 4. The van der Waals surface area contributed by atoms with Crippen LogP contribution in [0, 0.1) is 0 Å². The smallest absolute Gasteiger partial charge is 0.218 e. The first kappa shape index (κ1) is 12.4. The molecule has 1 saturated heterocycles. The monoisotopic (exact) mass is 257 g/mol. The quantitative estimate of drug-likeness (QED) is 0.762. The highest BCUT2D eigenvalue weighted by molar-refractivity contribution is 6.18. The van der Waals surface area contributed by atoms with E-state index < -0.39 is 0 Å². The van der Waals surface area contributed by atoms with Gasteiger partial charge in [-0.3, -0.25) is 0 Å². The van der Waals surface area contributed by atoms with E-state index in [0.29, 0.717) is 31.6 Å². The van der Waals surface area contributed by atoms with Crippen molar-refractivity contribution < 1.29 is 9.47 Å². The summed E-state index contributed by atoms with van der Waals surface area (Å²) in [5.74, 6) is 1.96. The SMILES string of the molecule is CCOc1cc(N2CCOCC2CCl)ncn1. The third-order valence-electron chi connectivity index (χ3n) is 2.62. The van der Waals surface area contributed by atoms with Crippen LogP contribution in [0.4, 0.5) is 5.82 Å². The highest BCUT2D eigenvalue weighted by Crippen LogP contribution is 2.20. The molecule has 1 aromatic rings. The van der Waals surface area contributed by atoms with Gasteiger partial charge in [-0.1, -0.05) is 0 Å². The summed E-state index contributed by atoms with van der Waals surface area (Å²) >= 11 is 5.93. The third-order valence-corrected chi connectivity index (χ3v) is 2.98. The van der Waals surface area contributed by atoms with Gasteiger partial charge in [0.05, 0.1) is 25.9 Å². The second-order valence-corrected chi connectivity index (χ2v) is 4.03. The van der Waals surface area contributed by atoms with E-state index in [1.54, 1.807) is 0 Å². The third kappa shape index (κ3) is 2.98. The van der Waals surface area contributed by atoms with Crippen molar-refractivity contribution in [2.75, 3.05) is 37.1 Å². The molecule has 0 aromatic carbocycles. The highest BCUT2D eigenvalue weighted by atomic mass is 35.5. The lowest BCUT2D eigenvalue weighted by Crippen LogP contribution is -2.47. The molecule has 0 saturated carbocycles. The number of ether oxygens (including phenoxy) is 2. The summed E-state index contributed by atoms with van der Waals surface area (Å²) in [5, 5.41) is 0. The van der Waals surface area contributed by atoms with Crippen LogP contribution in [-0.4, -0.2) is 48.3 Å². The summed E-state index contributed by atoms with van der Waals surface area (Å²) in [6.45, 7) is 4.65. The zero-order chi connectivity index (χ0) is 12.1. The maximum Gasteiger partial charge on any atom is 0.218 e. The first-order valence-corrected chi connectivity index (χ1v) is 6.23. The van der Waals surface area contributed by atoms with Gasteiger partial charge in [-0.25, -0.2) is 9.97 Å². The summed E-state index contributed by atoms with van der Waals surface area (Å²) in [6, 6.07) is 2.00. The van der Waals surface area contributed by atoms with Gasteiger partial charge in [-0.2, -0.15) is 0 Å². The summed E-state index contributed by atoms with van der Waals surface area (Å²) < 4.78 is 10.8. The summed E-state index contributed by atoms with van der Waals surface area (Å²) in [7, 11) is 0. The number of anilines is 1. The molecule has 0 radical (unpaired) electrons. The molecule has 5 nitrogen and oxygen atoms in total. The highest BCUT2D eigenvalue weighted by Gasteiger charge is 2.23. The van der Waals surface area contributed by atoms with E-state index in [1.807, 2.05) is 13.0 Å². The lowest BCUT2D eigenvalue weighted by molar-refractivity contribution is 0.0993. The maximum atomic E-state index is 5.93. The minimum absolute atomic E-state index is 0.162. The normalized spacial score (nSPS) is 20.4. The van der Waals surface area contributed by atoms with Crippen LogP contribution in [0.5, 0.6) is 5.88 Å². The Morgan fingerprint density at radius 1 is 1.59 bits per heavy atom. The predicted molar refractivity (Wildman–Crippen MR) is 65.9 cm³/mol. The van der Waals surface area contributed by atoms with E-state index in [1.165, 1.54) is 6.33 Å². The Morgan fingerprint density at radius 3 is 3.24 bits per heavy atom. The molecule has 2 heterocycles. The molecule has 1 aliphatic heterocycles. The van der Waals surface area contributed by atoms with Crippen molar-refractivity contribution in [3.63, 3.8) is 0 Å². The molecule has 2 rings (SSSR count). The van der Waals surface area contributed by atoms with Crippen molar-refractivity contribution >= 4 is 17.4 Å². The van der Waals surface area contributed by atoms with Crippen LogP contribution < -0.4 is 9.64 Å². The Kier molecular flexibility index (Phi) is 4.39. The van der Waals surface area contributed by atoms with E-state index in [0.717, 1.165) is 12.4 Å². The van der Waals surface area contributed by atoms with Crippen LogP contribution in [0.25, 0.3) is 0 Å². The molecule has 0 N–H and O–H groups in total. The van der Waals surface area contributed by atoms with E-state index in [-0.39, 0.29) is 6.04 Å². The number of morpholine rings is 1. The molecule has 0 amide bonds. The summed E-state index contributed by atoms with van der Waals surface area (Å²) in [5.41, 5.74) is 0. The number of hydrogen-bond acceptors (Lipinski definition) is 5. The van der Waals surface area contributed by atoms with Crippen molar-refractivity contribution in [3.05, 3.63) is 12.4 Å². The topological polar surface area (TPSA) is 47.5 Å². The molecule has 1 aromatic heterocycles. The van der Waals surface area contributed by atoms with Crippen LogP contribution in [0.15, 0.2) is 12.4 Å². The standard InChI is InChI=1S/C11H16ClN3O2/c1-2-17-11-5-10(13-8-14-11)15-3-4-16-7-9(15)6-12/h5,8-9H,2-4,6-7H2,1H3. The number of halogens is 1. The van der Waals surface area contributed by atoms with Gasteiger partial charge in [0, 0.05) is 18.5 Å². The van der Waals surface area contributed by atoms with Crippen molar-refractivity contribution in [1.29, 1.82) is 0 Å². The van der Waals surface area contributed by atoms with Gasteiger partial charge in [-0.05, 0) is 6.92 Å². The van der Waals surface area contributed by atoms with E-state index >= 15 is 0 Å². The fraction of sp³-hybridized carbons (Fsp3) is 0.636. The van der Waals surface area contributed by atoms with Crippen LogP contribution >= 0.6 is 11.6 Å². The Morgan fingerprint density at radius 2 is 2.47 bits per heavy atom. The first-order valence-electron chi connectivity index (χ1n) is 5.70. The predicted octanol–water partition coefficient (Wildman–Crippen LogP) is 1.32. The van der Waals surface area contributed by atoms with Crippen LogP contribution in [0.1, 0.15) is 6.92 Å². The molecular formula is C11H16ClN3O2. The van der Waals surface area contributed by atoms with Crippen molar-refractivity contribution in [1.82, 2.24) is 9.97 Å². The van der Waals surface area contributed by atoms with Gasteiger partial charge >= 0.3 is 0 Å². The largest absolute Gasteiger partial charge is 0.478 e. The Balaban J connectivity index is 2.16. The Bertz CT molecular complexity index is 364. The van der Waals surface area contributed by atoms with Gasteiger partial charge in [0.2, 0.25) is 5.88 Å². The number of hydrogen-bond donors (Lipinski definition) is 0. The molecule has 1 unspecified atom stereocenters. The minimum atomic E-state index is 0.162. The van der Waals surface area contributed by atoms with Crippen LogP contribution in [-0.2, 0) is 4.74 Å². The van der Waals surface area contributed by atoms with Gasteiger partial charge in [0.25, 0.3) is 0 Å². The molecule has 6 heteroatoms. The number of nitrogens with zero attached hydrogens (tertiary/aromatic N) is 3. The Hall–Kier alpha value is -1.07. The lowest BCUT2D eigenvalue weighted by atomic mass is 10.2. The number of alkyl halides is 1. The van der Waals surface area contributed by atoms with E-state index in [9.17, 15) is 0 Å². The summed E-state index contributed by atoms with van der Waals surface area (Å²) in [6.07, 6.45) is 1.51. The molecule has 1 aliphatic rings. The van der Waals surface area contributed by atoms with Gasteiger partial charge in [0.1, 0.15) is 12.1 Å². The Labute approximate surface area is 106 Å². The molecule has 0 aliphatic carbocycles. The van der Waals surface area contributed by atoms with Crippen molar-refractivity contribution in [3.8, 4) is 5.88 Å². The first-order chi connectivity index (χ1) is 8.35. The van der Waals surface area contributed by atoms with Gasteiger partial charge < -0.3 is 14.4 Å². The zero-order valence-electron chi connectivity index (χ0n) is 9.80. The average molecular weight is 258 g/mol. The van der Waals surface area contributed by atoms with Crippen molar-refractivity contribution in [2.24, 2.45) is 0 Å². The number of aromatic nitrogens is 2. The van der Waals surface area contributed by atoms with Crippen LogP contribution in [0.2, 0.25) is 0 Å². The van der Waals surface area contributed by atoms with E-state index in [4.69, 9.17) is 21.1 Å². The van der Waals surface area contributed by atoms with Gasteiger partial charge in [0.15, 0.2) is 0 Å². The fourth-order valence-electron chi connectivity index (χ4n) is 1.80. The molecule has 0 bridgehead atoms. The van der Waals surface area contributed by atoms with E-state index in [2.05, 4.69) is 14.9 Å². The molecule has 1 atom stereocenters. The maximum absolute atomic E-state index is 5.93. The minimum Gasteiger partial charge on any atom is -0.478 e. The summed E-state index contributed by atoms with van der Waals surface area (Å²) in [4.78, 5) is 10.5. The fourth-order valence-corrected chi connectivity index (χ4v) is 2.05. The average Bonchev–Trinajstić information content (AvgIpc) is 2.39. The molecule has 17 heavy (non-hydrogen) atoms.